The highest BCUT2D eigenvalue weighted by Crippen LogP contribution is 2.21. The Bertz CT molecular complexity index is 921. The van der Waals surface area contributed by atoms with Gasteiger partial charge in [-0.25, -0.2) is 8.42 Å². The van der Waals surface area contributed by atoms with Gasteiger partial charge in [-0.3, -0.25) is 9.52 Å². The van der Waals surface area contributed by atoms with E-state index in [-0.39, 0.29) is 23.0 Å². The van der Waals surface area contributed by atoms with E-state index >= 15 is 0 Å². The fourth-order valence-electron chi connectivity index (χ4n) is 3.07. The fraction of sp³-hybridized carbons (Fsp3) is 0.316. The van der Waals surface area contributed by atoms with Crippen LogP contribution in [0.3, 0.4) is 0 Å². The van der Waals surface area contributed by atoms with Crippen LogP contribution in [-0.4, -0.2) is 44.5 Å². The topological polar surface area (TPSA) is 75.7 Å². The first-order valence-electron chi connectivity index (χ1n) is 8.58. The minimum Gasteiger partial charge on any atom is -0.372 e. The molecule has 1 fully saturated rings. The summed E-state index contributed by atoms with van der Waals surface area (Å²) in [6, 6.07) is 12.9. The van der Waals surface area contributed by atoms with Gasteiger partial charge in [0.25, 0.3) is 15.9 Å². The molecule has 27 heavy (non-hydrogen) atoms. The summed E-state index contributed by atoms with van der Waals surface area (Å²) in [5.74, 6) is -0.137. The predicted octanol–water partition coefficient (Wildman–Crippen LogP) is 3.50. The Morgan fingerprint density at radius 1 is 1.11 bits per heavy atom. The Balaban J connectivity index is 1.79. The molecule has 8 heteroatoms. The highest BCUT2D eigenvalue weighted by Gasteiger charge is 2.26. The molecule has 1 N–H and O–H groups in total. The van der Waals surface area contributed by atoms with Gasteiger partial charge in [-0.2, -0.15) is 0 Å². The molecule has 2 atom stereocenters. The van der Waals surface area contributed by atoms with Crippen LogP contribution < -0.4 is 4.72 Å². The third-order valence-corrected chi connectivity index (χ3v) is 6.12. The minimum atomic E-state index is -3.73. The van der Waals surface area contributed by atoms with Gasteiger partial charge >= 0.3 is 0 Å². The summed E-state index contributed by atoms with van der Waals surface area (Å²) in [5, 5.41) is 0. The number of nitrogens with zero attached hydrogens (tertiary/aromatic N) is 1. The van der Waals surface area contributed by atoms with Crippen molar-refractivity contribution in [3.8, 4) is 0 Å². The third-order valence-electron chi connectivity index (χ3n) is 4.19. The smallest absolute Gasteiger partial charge is 0.261 e. The second-order valence-corrected chi connectivity index (χ2v) is 9.21. The first-order chi connectivity index (χ1) is 12.7. The fourth-order valence-corrected chi connectivity index (χ4v) is 4.38. The molecule has 0 radical (unpaired) electrons. The molecular formula is C19H21BrN2O4S. The second kappa shape index (κ2) is 8.00. The molecule has 0 aromatic heterocycles. The van der Waals surface area contributed by atoms with Gasteiger partial charge in [0, 0.05) is 28.8 Å². The van der Waals surface area contributed by atoms with Crippen LogP contribution in [0, 0.1) is 0 Å². The van der Waals surface area contributed by atoms with Gasteiger partial charge in [-0.15, -0.1) is 0 Å². The molecular weight excluding hydrogens is 432 g/mol. The quantitative estimate of drug-likeness (QED) is 0.769. The van der Waals surface area contributed by atoms with Crippen LogP contribution >= 0.6 is 15.9 Å². The van der Waals surface area contributed by atoms with Gasteiger partial charge in [-0.05, 0) is 56.3 Å². The lowest BCUT2D eigenvalue weighted by Gasteiger charge is -2.35. The molecule has 1 aliphatic heterocycles. The molecule has 0 aliphatic carbocycles. The number of halogens is 1. The number of morpholine rings is 1. The van der Waals surface area contributed by atoms with E-state index < -0.39 is 10.0 Å². The van der Waals surface area contributed by atoms with Gasteiger partial charge in [0.05, 0.1) is 17.1 Å². The standard InChI is InChI=1S/C19H21BrN2O4S/c1-13-11-22(12-14(2)26-13)19(23)15-4-3-5-17(10-15)21-27(24,25)18-8-6-16(20)7-9-18/h3-10,13-14,21H,11-12H2,1-2H3/t13-,14-/m0/s1. The van der Waals surface area contributed by atoms with Gasteiger partial charge in [-0.1, -0.05) is 22.0 Å². The number of anilines is 1. The number of nitrogens with one attached hydrogen (secondary N) is 1. The molecule has 1 saturated heterocycles. The lowest BCUT2D eigenvalue weighted by Crippen LogP contribution is -2.48. The van der Waals surface area contributed by atoms with Crippen LogP contribution in [0.1, 0.15) is 24.2 Å². The van der Waals surface area contributed by atoms with E-state index in [9.17, 15) is 13.2 Å². The molecule has 1 aliphatic rings. The summed E-state index contributed by atoms with van der Waals surface area (Å²) in [5.41, 5.74) is 0.783. The number of amides is 1. The molecule has 1 heterocycles. The summed E-state index contributed by atoms with van der Waals surface area (Å²) >= 11 is 3.28. The average Bonchev–Trinajstić information content (AvgIpc) is 2.60. The van der Waals surface area contributed by atoms with Crippen LogP contribution in [0.15, 0.2) is 57.9 Å². The molecule has 0 unspecified atom stereocenters. The maximum Gasteiger partial charge on any atom is 0.261 e. The van der Waals surface area contributed by atoms with E-state index in [0.29, 0.717) is 24.3 Å². The molecule has 2 aromatic rings. The van der Waals surface area contributed by atoms with E-state index in [1.807, 2.05) is 13.8 Å². The number of carbonyl (C=O) groups excluding carboxylic acids is 1. The van der Waals surface area contributed by atoms with Gasteiger partial charge in [0.1, 0.15) is 0 Å². The number of carbonyl (C=O) groups is 1. The molecule has 0 saturated carbocycles. The van der Waals surface area contributed by atoms with Crippen LogP contribution in [0.4, 0.5) is 5.69 Å². The van der Waals surface area contributed by atoms with Crippen molar-refractivity contribution in [2.24, 2.45) is 0 Å². The maximum absolute atomic E-state index is 12.8. The number of hydrogen-bond acceptors (Lipinski definition) is 4. The van der Waals surface area contributed by atoms with E-state index in [4.69, 9.17) is 4.74 Å². The number of ether oxygens (including phenoxy) is 1. The predicted molar refractivity (Wildman–Crippen MR) is 107 cm³/mol. The average molecular weight is 453 g/mol. The summed E-state index contributed by atoms with van der Waals surface area (Å²) in [4.78, 5) is 14.7. The Hall–Kier alpha value is -1.90. The van der Waals surface area contributed by atoms with Crippen LogP contribution in [0.5, 0.6) is 0 Å². The zero-order valence-corrected chi connectivity index (χ0v) is 17.5. The van der Waals surface area contributed by atoms with E-state index in [2.05, 4.69) is 20.7 Å². The first kappa shape index (κ1) is 19.9. The molecule has 0 spiro atoms. The first-order valence-corrected chi connectivity index (χ1v) is 10.9. The minimum absolute atomic E-state index is 0.0307. The number of hydrogen-bond donors (Lipinski definition) is 1. The second-order valence-electron chi connectivity index (χ2n) is 6.61. The lowest BCUT2D eigenvalue weighted by atomic mass is 10.1. The molecule has 0 bridgehead atoms. The Labute approximate surface area is 167 Å². The largest absolute Gasteiger partial charge is 0.372 e. The van der Waals surface area contributed by atoms with E-state index in [0.717, 1.165) is 4.47 Å². The summed E-state index contributed by atoms with van der Waals surface area (Å²) < 4.78 is 34.1. The third kappa shape index (κ3) is 4.88. The maximum atomic E-state index is 12.8. The van der Waals surface area contributed by atoms with Crippen molar-refractivity contribution in [3.63, 3.8) is 0 Å². The highest BCUT2D eigenvalue weighted by molar-refractivity contribution is 9.10. The highest BCUT2D eigenvalue weighted by atomic mass is 79.9. The Morgan fingerprint density at radius 2 is 1.74 bits per heavy atom. The number of sulfonamides is 1. The van der Waals surface area contributed by atoms with E-state index in [1.165, 1.54) is 12.1 Å². The van der Waals surface area contributed by atoms with Crippen molar-refractivity contribution in [1.82, 2.24) is 4.90 Å². The lowest BCUT2D eigenvalue weighted by molar-refractivity contribution is -0.0586. The van der Waals surface area contributed by atoms with Crippen LogP contribution in [-0.2, 0) is 14.8 Å². The van der Waals surface area contributed by atoms with Crippen LogP contribution in [0.2, 0.25) is 0 Å². The number of benzene rings is 2. The van der Waals surface area contributed by atoms with Crippen molar-refractivity contribution in [1.29, 1.82) is 0 Å². The van der Waals surface area contributed by atoms with Crippen molar-refractivity contribution in [3.05, 3.63) is 58.6 Å². The van der Waals surface area contributed by atoms with Crippen molar-refractivity contribution in [2.75, 3.05) is 17.8 Å². The summed E-state index contributed by atoms with van der Waals surface area (Å²) in [6.07, 6.45) is -0.0615. The molecule has 1 amide bonds. The van der Waals surface area contributed by atoms with Crippen molar-refractivity contribution in [2.45, 2.75) is 31.0 Å². The van der Waals surface area contributed by atoms with E-state index in [1.54, 1.807) is 41.3 Å². The zero-order valence-electron chi connectivity index (χ0n) is 15.1. The molecule has 6 nitrogen and oxygen atoms in total. The normalized spacial score (nSPS) is 20.3. The Kier molecular flexibility index (Phi) is 5.88. The zero-order chi connectivity index (χ0) is 19.6. The van der Waals surface area contributed by atoms with Gasteiger partial charge in [0.15, 0.2) is 0 Å². The summed E-state index contributed by atoms with van der Waals surface area (Å²) in [7, 11) is -3.73. The van der Waals surface area contributed by atoms with Gasteiger partial charge in [0.2, 0.25) is 0 Å². The molecule has 144 valence electrons. The monoisotopic (exact) mass is 452 g/mol. The summed E-state index contributed by atoms with van der Waals surface area (Å²) in [6.45, 7) is 4.88. The molecule has 3 rings (SSSR count). The van der Waals surface area contributed by atoms with Crippen molar-refractivity contribution >= 4 is 37.5 Å². The van der Waals surface area contributed by atoms with Crippen molar-refractivity contribution < 1.29 is 17.9 Å². The Morgan fingerprint density at radius 3 is 2.37 bits per heavy atom. The SMILES string of the molecule is C[C@H]1CN(C(=O)c2cccc(NS(=O)(=O)c3ccc(Br)cc3)c2)C[C@H](C)O1. The van der Waals surface area contributed by atoms with Gasteiger partial charge < -0.3 is 9.64 Å². The van der Waals surface area contributed by atoms with Crippen LogP contribution in [0.25, 0.3) is 0 Å². The molecule has 2 aromatic carbocycles. The number of rotatable bonds is 4.